The Labute approximate surface area is 307 Å². The van der Waals surface area contributed by atoms with Gasteiger partial charge in [-0.05, 0) is 61.9 Å². The molecule has 6 unspecified atom stereocenters. The number of phenols is 1. The summed E-state index contributed by atoms with van der Waals surface area (Å²) in [4.78, 5) is 47.5. The lowest BCUT2D eigenvalue weighted by molar-refractivity contribution is -1.04. The Morgan fingerprint density at radius 1 is 1.06 bits per heavy atom. The summed E-state index contributed by atoms with van der Waals surface area (Å²) in [5.41, 5.74) is 2.93. The van der Waals surface area contributed by atoms with Crippen molar-refractivity contribution in [3.05, 3.63) is 111 Å². The molecular weight excluding hydrogens is 704 g/mol. The molecule has 4 heterocycles. The number of aliphatic carboxylic acids is 1. The number of carboxylic acids is 1. The van der Waals surface area contributed by atoms with Crippen molar-refractivity contribution in [2.45, 2.75) is 50.5 Å². The average molecular weight is 741 g/mol. The Kier molecular flexibility index (Phi) is 9.93. The van der Waals surface area contributed by atoms with E-state index in [9.17, 15) is 39.9 Å². The topological polar surface area (TPSA) is 222 Å². The number of quaternary nitrogens is 1. The van der Waals surface area contributed by atoms with E-state index in [1.165, 1.54) is 36.6 Å². The summed E-state index contributed by atoms with van der Waals surface area (Å²) in [6, 6.07) is 16.3. The molecule has 0 amide bonds. The van der Waals surface area contributed by atoms with Crippen LogP contribution in [0.25, 0.3) is 27.8 Å². The summed E-state index contributed by atoms with van der Waals surface area (Å²) in [6.45, 7) is 2.34. The molecule has 3 aliphatic heterocycles. The van der Waals surface area contributed by atoms with Crippen LogP contribution < -0.4 is 20.3 Å². The minimum Gasteiger partial charge on any atom is -0.550 e. The maximum absolute atomic E-state index is 13.4. The van der Waals surface area contributed by atoms with Crippen LogP contribution in [0, 0.1) is 13.8 Å². The number of benzene rings is 3. The number of aromatic hydroxyl groups is 1. The van der Waals surface area contributed by atoms with E-state index in [4.69, 9.17) is 23.5 Å². The van der Waals surface area contributed by atoms with Crippen molar-refractivity contribution in [1.29, 1.82) is 0 Å². The first kappa shape index (κ1) is 36.7. The van der Waals surface area contributed by atoms with Gasteiger partial charge in [-0.3, -0.25) is 9.59 Å². The van der Waals surface area contributed by atoms with Crippen LogP contribution in [-0.4, -0.2) is 88.5 Å². The number of carbonyl (C=O) groups excluding carboxylic acids is 2. The van der Waals surface area contributed by atoms with Crippen molar-refractivity contribution in [1.82, 2.24) is 0 Å². The Bertz CT molecular complexity index is 2260. The van der Waals surface area contributed by atoms with Gasteiger partial charge in [0.2, 0.25) is 12.4 Å². The number of esters is 1. The molecule has 1 fully saturated rings. The van der Waals surface area contributed by atoms with E-state index in [2.05, 4.69) is 4.99 Å². The van der Waals surface area contributed by atoms with E-state index in [1.807, 2.05) is 38.1 Å². The highest BCUT2D eigenvalue weighted by Gasteiger charge is 2.60. The summed E-state index contributed by atoms with van der Waals surface area (Å²) in [7, 11) is 0. The summed E-state index contributed by atoms with van der Waals surface area (Å²) in [5.74, 6) is -2.76. The minimum atomic E-state index is -2.50. The molecular formula is C39H36N2O13. The fraction of sp³-hybridized carbons (Fsp3) is 0.282. The predicted octanol–water partition coefficient (Wildman–Crippen LogP) is 0.232. The van der Waals surface area contributed by atoms with Gasteiger partial charge in [0.25, 0.3) is 0 Å². The molecule has 0 radical (unpaired) electrons. The lowest BCUT2D eigenvalue weighted by Gasteiger charge is -2.47. The smallest absolute Gasteiger partial charge is 0.311 e. The van der Waals surface area contributed by atoms with Gasteiger partial charge in [-0.2, -0.15) is 9.90 Å². The first-order valence-electron chi connectivity index (χ1n) is 17.0. The lowest BCUT2D eigenvalue weighted by Crippen LogP contribution is -3.09. The Morgan fingerprint density at radius 3 is 2.50 bits per heavy atom. The van der Waals surface area contributed by atoms with Crippen molar-refractivity contribution in [2.24, 2.45) is 4.99 Å². The summed E-state index contributed by atoms with van der Waals surface area (Å²) in [6.07, 6.45) is -3.02. The third kappa shape index (κ3) is 7.03. The van der Waals surface area contributed by atoms with Gasteiger partial charge >= 0.3 is 5.97 Å². The molecule has 6 atom stereocenters. The van der Waals surface area contributed by atoms with Crippen molar-refractivity contribution in [3.8, 4) is 22.6 Å². The largest absolute Gasteiger partial charge is 0.550 e. The second-order valence-electron chi connectivity index (χ2n) is 13.4. The maximum atomic E-state index is 13.4. The molecule has 5 N–H and O–H groups in total. The van der Waals surface area contributed by atoms with E-state index >= 15 is 0 Å². The first-order valence-corrected chi connectivity index (χ1v) is 17.0. The average Bonchev–Trinajstić information content (AvgIpc) is 3.72. The van der Waals surface area contributed by atoms with Crippen molar-refractivity contribution in [3.63, 3.8) is 0 Å². The number of carboxylic acid groups (broad SMARTS) is 1. The number of rotatable bonds is 11. The second kappa shape index (κ2) is 14.6. The number of nitrogens with one attached hydrogen (secondary N) is 1. The predicted molar refractivity (Wildman–Crippen MR) is 188 cm³/mol. The molecule has 3 aliphatic rings. The molecule has 280 valence electrons. The number of hydroxylamine groups is 2. The molecule has 7 rings (SSSR count). The monoisotopic (exact) mass is 740 g/mol. The first-order chi connectivity index (χ1) is 25.8. The minimum absolute atomic E-state index is 0.0365. The van der Waals surface area contributed by atoms with Crippen molar-refractivity contribution < 1.29 is 63.7 Å². The van der Waals surface area contributed by atoms with Crippen LogP contribution in [0.15, 0.2) is 98.5 Å². The zero-order valence-corrected chi connectivity index (χ0v) is 29.1. The molecule has 0 saturated carbocycles. The molecule has 54 heavy (non-hydrogen) atoms. The van der Waals surface area contributed by atoms with E-state index < -0.39 is 61.8 Å². The number of nitrogens with zero attached hydrogens (tertiary/aromatic N) is 1. The van der Waals surface area contributed by atoms with Crippen LogP contribution in [0.3, 0.4) is 0 Å². The molecule has 4 aromatic rings. The number of phenolic OH excluding ortho intramolecular Hbond substituents is 1. The van der Waals surface area contributed by atoms with Crippen LogP contribution in [0.1, 0.15) is 23.1 Å². The van der Waals surface area contributed by atoms with Crippen LogP contribution in [0.5, 0.6) is 11.5 Å². The second-order valence-corrected chi connectivity index (χ2v) is 13.4. The fourth-order valence-electron chi connectivity index (χ4n) is 6.90. The molecule has 1 aromatic heterocycles. The number of aliphatic hydroxyl groups excluding tert-OH is 2. The number of carbonyl (C=O) groups is 2. The van der Waals surface area contributed by atoms with Gasteiger partial charge in [0, 0.05) is 23.4 Å². The normalized spacial score (nSPS) is 24.8. The molecule has 15 heteroatoms. The highest BCUT2D eigenvalue weighted by molar-refractivity contribution is 5.89. The fourth-order valence-corrected chi connectivity index (χ4v) is 6.90. The van der Waals surface area contributed by atoms with E-state index in [-0.39, 0.29) is 40.0 Å². The maximum Gasteiger partial charge on any atom is 0.311 e. The van der Waals surface area contributed by atoms with Crippen LogP contribution in [0.2, 0.25) is 0 Å². The number of hydrogen-bond acceptors (Lipinski definition) is 14. The van der Waals surface area contributed by atoms with Gasteiger partial charge in [-0.25, -0.2) is 4.99 Å². The number of aliphatic hydroxyl groups is 3. The number of aryl methyl sites for hydroxylation is 2. The SMILES string of the molecule is Cc1cc(C)cc(C2=C3N=CC=C3C[NH+]2OC2C(Oc3ccc4c(=O)c(-c5ccc(O)cc5)coc4c3)OC(COC(=O)CC(=O)[O-])C(O)C2(O)CO)c1. The van der Waals surface area contributed by atoms with Crippen LogP contribution >= 0.6 is 0 Å². The Morgan fingerprint density at radius 2 is 1.80 bits per heavy atom. The zero-order valence-electron chi connectivity index (χ0n) is 29.1. The van der Waals surface area contributed by atoms with Crippen molar-refractivity contribution >= 4 is 34.8 Å². The molecule has 0 aliphatic carbocycles. The van der Waals surface area contributed by atoms with E-state index in [0.29, 0.717) is 22.0 Å². The Hall–Kier alpha value is -5.68. The molecule has 1 saturated heterocycles. The third-order valence-electron chi connectivity index (χ3n) is 9.47. The molecule has 0 bridgehead atoms. The van der Waals surface area contributed by atoms with E-state index in [1.54, 1.807) is 18.3 Å². The van der Waals surface area contributed by atoms with Gasteiger partial charge in [-0.1, -0.05) is 29.3 Å². The standard InChI is InChI=1S/C39H36N2O13/c1-20-11-21(2)13-24(12-20)34-33-23(9-10-40-33)16-41(34)54-37-38(53-30(36(48)39(37,49)19-42)18-51-32(46)15-31(44)45)52-26-7-8-27-29(14-26)50-17-28(35(27)47)22-3-5-25(43)6-4-22/h3-14,17,30,36-38,42-43,48-49H,15-16,18-19H2,1-2H3,(H,44,45). The van der Waals surface area contributed by atoms with Gasteiger partial charge in [-0.15, -0.1) is 0 Å². The van der Waals surface area contributed by atoms with Crippen molar-refractivity contribution in [2.75, 3.05) is 19.8 Å². The zero-order chi connectivity index (χ0) is 38.3. The third-order valence-corrected chi connectivity index (χ3v) is 9.47. The molecule has 3 aromatic carbocycles. The molecule has 15 nitrogen and oxygen atoms in total. The van der Waals surface area contributed by atoms with Crippen LogP contribution in [-0.2, 0) is 23.9 Å². The number of fused-ring (bicyclic) bond motifs is 2. The number of ether oxygens (including phenoxy) is 3. The number of hydrogen-bond donors (Lipinski definition) is 5. The number of allylic oxidation sites excluding steroid dienone is 1. The van der Waals surface area contributed by atoms with Crippen LogP contribution in [0.4, 0.5) is 0 Å². The van der Waals surface area contributed by atoms with Gasteiger partial charge < -0.3 is 49.0 Å². The van der Waals surface area contributed by atoms with Gasteiger partial charge in [0.05, 0.1) is 29.9 Å². The summed E-state index contributed by atoms with van der Waals surface area (Å²) >= 11 is 0. The highest BCUT2D eigenvalue weighted by atomic mass is 16.8. The van der Waals surface area contributed by atoms with E-state index in [0.717, 1.165) is 22.3 Å². The summed E-state index contributed by atoms with van der Waals surface area (Å²) in [5, 5.41) is 55.3. The Balaban J connectivity index is 1.24. The lowest BCUT2D eigenvalue weighted by atomic mass is 9.84. The number of aliphatic imine (C=N–C) groups is 1. The van der Waals surface area contributed by atoms with Gasteiger partial charge in [0.15, 0.2) is 16.7 Å². The van der Waals surface area contributed by atoms with Gasteiger partial charge in [0.1, 0.15) is 54.4 Å². The quantitative estimate of drug-likeness (QED) is 0.103. The summed E-state index contributed by atoms with van der Waals surface area (Å²) < 4.78 is 23.1. The highest BCUT2D eigenvalue weighted by Crippen LogP contribution is 2.36. The molecule has 0 spiro atoms.